The van der Waals surface area contributed by atoms with E-state index in [1.54, 1.807) is 12.1 Å². The van der Waals surface area contributed by atoms with Crippen LogP contribution in [0.2, 0.25) is 5.02 Å². The predicted octanol–water partition coefficient (Wildman–Crippen LogP) is 5.02. The highest BCUT2D eigenvalue weighted by Gasteiger charge is 2.19. The molecule has 1 amide bonds. The van der Waals surface area contributed by atoms with Crippen LogP contribution in [0.1, 0.15) is 15.9 Å². The Labute approximate surface area is 158 Å². The van der Waals surface area contributed by atoms with Gasteiger partial charge in [0.15, 0.2) is 17.5 Å². The highest BCUT2D eigenvalue weighted by molar-refractivity contribution is 6.31. The van der Waals surface area contributed by atoms with E-state index in [1.807, 2.05) is 18.2 Å². The number of nitrogens with one attached hydrogen (secondary N) is 2. The van der Waals surface area contributed by atoms with Crippen molar-refractivity contribution in [1.82, 2.24) is 4.98 Å². The molecular formula is C19H13ClF3N3O. The minimum absolute atomic E-state index is 0.132. The summed E-state index contributed by atoms with van der Waals surface area (Å²) < 4.78 is 39.8. The lowest BCUT2D eigenvalue weighted by atomic mass is 10.2. The first kappa shape index (κ1) is 18.7. The Morgan fingerprint density at radius 2 is 1.78 bits per heavy atom. The lowest BCUT2D eigenvalue weighted by Crippen LogP contribution is -2.16. The van der Waals surface area contributed by atoms with E-state index in [4.69, 9.17) is 11.6 Å². The molecular weight excluding hydrogens is 379 g/mol. The number of rotatable bonds is 5. The van der Waals surface area contributed by atoms with E-state index < -0.39 is 28.9 Å². The summed E-state index contributed by atoms with van der Waals surface area (Å²) in [4.78, 5) is 16.1. The first-order valence-electron chi connectivity index (χ1n) is 7.84. The van der Waals surface area contributed by atoms with Crippen molar-refractivity contribution in [3.05, 3.63) is 88.3 Å². The number of carbonyl (C=O) groups excluding carboxylic acids is 1. The molecule has 0 saturated heterocycles. The van der Waals surface area contributed by atoms with Gasteiger partial charge in [-0.25, -0.2) is 18.2 Å². The number of hydrogen-bond donors (Lipinski definition) is 2. The number of benzene rings is 2. The number of aromatic nitrogens is 1. The van der Waals surface area contributed by atoms with Crippen molar-refractivity contribution in [2.45, 2.75) is 6.54 Å². The molecule has 2 N–H and O–H groups in total. The van der Waals surface area contributed by atoms with Gasteiger partial charge in [0, 0.05) is 11.6 Å². The molecule has 0 radical (unpaired) electrons. The zero-order valence-electron chi connectivity index (χ0n) is 13.8. The molecule has 3 rings (SSSR count). The smallest absolute Gasteiger partial charge is 0.259 e. The van der Waals surface area contributed by atoms with Gasteiger partial charge in [0.25, 0.3) is 5.91 Å². The number of carbonyl (C=O) groups is 1. The Balaban J connectivity index is 1.65. The number of halogens is 4. The molecule has 138 valence electrons. The highest BCUT2D eigenvalue weighted by Crippen LogP contribution is 2.19. The van der Waals surface area contributed by atoms with E-state index >= 15 is 0 Å². The Kier molecular flexibility index (Phi) is 5.61. The van der Waals surface area contributed by atoms with Crippen molar-refractivity contribution in [2.24, 2.45) is 0 Å². The lowest BCUT2D eigenvalue weighted by molar-refractivity contribution is 0.102. The van der Waals surface area contributed by atoms with Gasteiger partial charge in [0.05, 0.1) is 17.4 Å². The summed E-state index contributed by atoms with van der Waals surface area (Å²) in [6.07, 6.45) is 1.47. The van der Waals surface area contributed by atoms with Crippen LogP contribution in [0, 0.1) is 17.5 Å². The zero-order valence-corrected chi connectivity index (χ0v) is 14.5. The normalized spacial score (nSPS) is 10.5. The molecule has 27 heavy (non-hydrogen) atoms. The van der Waals surface area contributed by atoms with E-state index in [9.17, 15) is 18.0 Å². The largest absolute Gasteiger partial charge is 0.380 e. The van der Waals surface area contributed by atoms with Crippen LogP contribution in [0.5, 0.6) is 0 Å². The number of amides is 1. The van der Waals surface area contributed by atoms with E-state index in [0.29, 0.717) is 23.3 Å². The van der Waals surface area contributed by atoms with Crippen molar-refractivity contribution in [3.63, 3.8) is 0 Å². The fraction of sp³-hybridized carbons (Fsp3) is 0.0526. The summed E-state index contributed by atoms with van der Waals surface area (Å²) >= 11 is 6.08. The maximum absolute atomic E-state index is 13.7. The van der Waals surface area contributed by atoms with Crippen LogP contribution in [0.25, 0.3) is 0 Å². The summed E-state index contributed by atoms with van der Waals surface area (Å²) in [6.45, 7) is 0.479. The molecule has 0 atom stereocenters. The van der Waals surface area contributed by atoms with Gasteiger partial charge in [-0.3, -0.25) is 4.79 Å². The van der Waals surface area contributed by atoms with Gasteiger partial charge in [-0.1, -0.05) is 29.8 Å². The second kappa shape index (κ2) is 8.09. The van der Waals surface area contributed by atoms with Gasteiger partial charge in [0.1, 0.15) is 5.82 Å². The second-order valence-corrected chi connectivity index (χ2v) is 5.96. The van der Waals surface area contributed by atoms with Crippen LogP contribution in [-0.2, 0) is 6.54 Å². The molecule has 0 aliphatic carbocycles. The van der Waals surface area contributed by atoms with Gasteiger partial charge in [-0.05, 0) is 35.9 Å². The molecule has 0 aliphatic rings. The number of anilines is 2. The van der Waals surface area contributed by atoms with Gasteiger partial charge < -0.3 is 10.6 Å². The summed E-state index contributed by atoms with van der Waals surface area (Å²) in [5.74, 6) is -5.42. The molecule has 0 bridgehead atoms. The minimum Gasteiger partial charge on any atom is -0.380 e. The van der Waals surface area contributed by atoms with Crippen LogP contribution in [0.4, 0.5) is 24.7 Å². The zero-order chi connectivity index (χ0) is 19.4. The van der Waals surface area contributed by atoms with E-state index in [-0.39, 0.29) is 5.82 Å². The SMILES string of the molecule is O=C(Nc1ccc(NCc2ccccc2Cl)cn1)c1ccc(F)c(F)c1F. The summed E-state index contributed by atoms with van der Waals surface area (Å²) in [5, 5.41) is 6.09. The monoisotopic (exact) mass is 391 g/mol. The maximum Gasteiger partial charge on any atom is 0.259 e. The fourth-order valence-corrected chi connectivity index (χ4v) is 2.50. The third kappa shape index (κ3) is 4.38. The van der Waals surface area contributed by atoms with E-state index in [2.05, 4.69) is 15.6 Å². The van der Waals surface area contributed by atoms with Gasteiger partial charge in [0.2, 0.25) is 0 Å². The predicted molar refractivity (Wildman–Crippen MR) is 97.3 cm³/mol. The first-order valence-corrected chi connectivity index (χ1v) is 8.21. The molecule has 0 saturated carbocycles. The Bertz CT molecular complexity index is 980. The van der Waals surface area contributed by atoms with E-state index in [0.717, 1.165) is 11.6 Å². The average Bonchev–Trinajstić information content (AvgIpc) is 2.66. The Hall–Kier alpha value is -3.06. The molecule has 8 heteroatoms. The van der Waals surface area contributed by atoms with Crippen LogP contribution < -0.4 is 10.6 Å². The molecule has 0 unspecified atom stereocenters. The lowest BCUT2D eigenvalue weighted by Gasteiger charge is -2.09. The molecule has 4 nitrogen and oxygen atoms in total. The molecule has 1 aromatic heterocycles. The second-order valence-electron chi connectivity index (χ2n) is 5.55. The first-order chi connectivity index (χ1) is 13.0. The third-order valence-corrected chi connectivity index (χ3v) is 4.09. The minimum atomic E-state index is -1.70. The fourth-order valence-electron chi connectivity index (χ4n) is 2.30. The highest BCUT2D eigenvalue weighted by atomic mass is 35.5. The summed E-state index contributed by atoms with van der Waals surface area (Å²) in [6, 6.07) is 12.1. The van der Waals surface area contributed by atoms with Gasteiger partial charge in [-0.15, -0.1) is 0 Å². The third-order valence-electron chi connectivity index (χ3n) is 3.73. The molecule has 0 fully saturated rings. The molecule has 0 spiro atoms. The molecule has 2 aromatic carbocycles. The van der Waals surface area contributed by atoms with Crippen molar-refractivity contribution in [3.8, 4) is 0 Å². The van der Waals surface area contributed by atoms with Crippen LogP contribution >= 0.6 is 11.6 Å². The number of nitrogens with zero attached hydrogens (tertiary/aromatic N) is 1. The number of hydrogen-bond acceptors (Lipinski definition) is 3. The van der Waals surface area contributed by atoms with Crippen LogP contribution in [0.3, 0.4) is 0 Å². The van der Waals surface area contributed by atoms with Crippen molar-refractivity contribution in [1.29, 1.82) is 0 Å². The molecule has 1 heterocycles. The van der Waals surface area contributed by atoms with Gasteiger partial charge >= 0.3 is 0 Å². The van der Waals surface area contributed by atoms with Crippen molar-refractivity contribution >= 4 is 29.0 Å². The molecule has 0 aliphatic heterocycles. The standard InChI is InChI=1S/C19H13ClF3N3O/c20-14-4-2-1-3-11(14)9-24-12-5-8-16(25-10-12)26-19(27)13-6-7-15(21)18(23)17(13)22/h1-8,10,24H,9H2,(H,25,26,27). The van der Waals surface area contributed by atoms with Crippen molar-refractivity contribution < 1.29 is 18.0 Å². The quantitative estimate of drug-likeness (QED) is 0.601. The van der Waals surface area contributed by atoms with Crippen molar-refractivity contribution in [2.75, 3.05) is 10.6 Å². The Morgan fingerprint density at radius 1 is 1.00 bits per heavy atom. The van der Waals surface area contributed by atoms with Crippen LogP contribution in [0.15, 0.2) is 54.7 Å². The average molecular weight is 392 g/mol. The van der Waals surface area contributed by atoms with Crippen LogP contribution in [-0.4, -0.2) is 10.9 Å². The Morgan fingerprint density at radius 3 is 2.48 bits per heavy atom. The van der Waals surface area contributed by atoms with E-state index in [1.165, 1.54) is 12.3 Å². The summed E-state index contributed by atoms with van der Waals surface area (Å²) in [5.41, 5.74) is 0.967. The maximum atomic E-state index is 13.7. The molecule has 3 aromatic rings. The number of pyridine rings is 1. The van der Waals surface area contributed by atoms with Gasteiger partial charge in [-0.2, -0.15) is 0 Å². The topological polar surface area (TPSA) is 54.0 Å². The summed E-state index contributed by atoms with van der Waals surface area (Å²) in [7, 11) is 0.